The lowest BCUT2D eigenvalue weighted by molar-refractivity contribution is 0.566. The first-order valence-corrected chi connectivity index (χ1v) is 18.3. The van der Waals surface area contributed by atoms with E-state index in [1.165, 1.54) is 93.6 Å². The van der Waals surface area contributed by atoms with Crippen molar-refractivity contribution in [1.29, 1.82) is 0 Å². The van der Waals surface area contributed by atoms with Gasteiger partial charge in [-0.15, -0.1) is 0 Å². The standard InChI is InChI=1S/C51H39N/c1-5-15-41-40-18-8-12-24-46(40)52-47-25-13-11-22-44(47)51(33(2)49(41)52)43-21-10-9-20-42(43)50(3,4)48-39(19-14-23-45(48)51)36-29-26-35(27-30-36)38-31-28-34-16-6-7-17-37(34)32-38/h5-32H,1H2,2-4H3/b41-15-. The van der Waals surface area contributed by atoms with Gasteiger partial charge in [0.15, 0.2) is 0 Å². The molecular weight excluding hydrogens is 627 g/mol. The van der Waals surface area contributed by atoms with E-state index in [0.717, 1.165) is 0 Å². The largest absolute Gasteiger partial charge is 0.309 e. The number of benzene rings is 7. The maximum Gasteiger partial charge on any atom is 0.0708 e. The Balaban J connectivity index is 1.29. The predicted molar refractivity (Wildman–Crippen MR) is 220 cm³/mol. The van der Waals surface area contributed by atoms with Crippen LogP contribution in [0.3, 0.4) is 0 Å². The summed E-state index contributed by atoms with van der Waals surface area (Å²) in [6.07, 6.45) is 4.14. The Morgan fingerprint density at radius 2 is 1.19 bits per heavy atom. The summed E-state index contributed by atoms with van der Waals surface area (Å²) in [5.74, 6) is 0. The normalized spacial score (nSPS) is 17.1. The van der Waals surface area contributed by atoms with Gasteiger partial charge in [0.25, 0.3) is 0 Å². The Hall–Kier alpha value is -6.18. The van der Waals surface area contributed by atoms with E-state index in [-0.39, 0.29) is 5.41 Å². The second kappa shape index (κ2) is 11.2. The molecule has 0 radical (unpaired) electrons. The molecule has 0 bridgehead atoms. The summed E-state index contributed by atoms with van der Waals surface area (Å²) in [6, 6.07) is 58.7. The minimum atomic E-state index is -0.507. The molecule has 1 unspecified atom stereocenters. The van der Waals surface area contributed by atoms with Gasteiger partial charge in [-0.2, -0.15) is 0 Å². The van der Waals surface area contributed by atoms with Crippen molar-refractivity contribution in [3.8, 4) is 27.9 Å². The highest BCUT2D eigenvalue weighted by atomic mass is 15.0. The summed E-state index contributed by atoms with van der Waals surface area (Å²) in [5.41, 5.74) is 14.8. The van der Waals surface area contributed by atoms with Gasteiger partial charge in [-0.1, -0.05) is 172 Å². The van der Waals surface area contributed by atoms with Gasteiger partial charge < -0.3 is 4.57 Å². The van der Waals surface area contributed by atoms with Crippen molar-refractivity contribution in [2.75, 3.05) is 0 Å². The van der Waals surface area contributed by atoms with Crippen LogP contribution in [0, 0.1) is 0 Å². The topological polar surface area (TPSA) is 4.93 Å². The minimum absolute atomic E-state index is 0.250. The molecule has 10 rings (SSSR count). The van der Waals surface area contributed by atoms with Crippen molar-refractivity contribution < 1.29 is 0 Å². The fraction of sp³-hybridized carbons (Fsp3) is 0.0980. The third-order valence-electron chi connectivity index (χ3n) is 12.0. The molecule has 248 valence electrons. The van der Waals surface area contributed by atoms with Gasteiger partial charge in [-0.05, 0) is 91.5 Å². The smallest absolute Gasteiger partial charge is 0.0708 e. The number of para-hydroxylation sites is 2. The van der Waals surface area contributed by atoms with Crippen LogP contribution in [-0.2, 0) is 10.8 Å². The molecule has 0 N–H and O–H groups in total. The molecule has 2 heterocycles. The molecule has 1 spiro atoms. The molecule has 7 aromatic carbocycles. The molecule has 1 nitrogen and oxygen atoms in total. The molecule has 1 aromatic heterocycles. The summed E-state index contributed by atoms with van der Waals surface area (Å²) in [4.78, 5) is 0. The molecule has 1 aliphatic heterocycles. The Bertz CT molecular complexity index is 2900. The zero-order valence-corrected chi connectivity index (χ0v) is 29.8. The van der Waals surface area contributed by atoms with Crippen molar-refractivity contribution >= 4 is 33.3 Å². The number of hydrogen-bond donors (Lipinski definition) is 0. The van der Waals surface area contributed by atoms with Crippen molar-refractivity contribution in [3.63, 3.8) is 0 Å². The number of hydrogen-bond acceptors (Lipinski definition) is 0. The van der Waals surface area contributed by atoms with Gasteiger partial charge in [-0.3, -0.25) is 0 Å². The number of allylic oxidation sites excluding steroid dienone is 1. The fourth-order valence-electron chi connectivity index (χ4n) is 9.86. The van der Waals surface area contributed by atoms with Gasteiger partial charge in [0.2, 0.25) is 0 Å². The second-order valence-electron chi connectivity index (χ2n) is 14.9. The number of aromatic nitrogens is 1. The molecule has 1 atom stereocenters. The van der Waals surface area contributed by atoms with Gasteiger partial charge in [0.1, 0.15) is 0 Å². The third kappa shape index (κ3) is 3.99. The Morgan fingerprint density at radius 1 is 0.558 bits per heavy atom. The summed E-state index contributed by atoms with van der Waals surface area (Å²) < 4.78 is 2.50. The summed E-state index contributed by atoms with van der Waals surface area (Å²) >= 11 is 0. The third-order valence-corrected chi connectivity index (χ3v) is 12.0. The molecule has 8 aromatic rings. The van der Waals surface area contributed by atoms with Crippen molar-refractivity contribution in [3.05, 3.63) is 209 Å². The van der Waals surface area contributed by atoms with E-state index in [1.807, 2.05) is 6.08 Å². The molecule has 0 fully saturated rings. The van der Waals surface area contributed by atoms with Crippen LogP contribution >= 0.6 is 0 Å². The lowest BCUT2D eigenvalue weighted by Crippen LogP contribution is -2.49. The van der Waals surface area contributed by atoms with Crippen molar-refractivity contribution in [1.82, 2.24) is 4.57 Å². The van der Waals surface area contributed by atoms with Crippen LogP contribution < -0.4 is 10.6 Å². The average Bonchev–Trinajstić information content (AvgIpc) is 3.52. The minimum Gasteiger partial charge on any atom is -0.309 e. The number of rotatable bonds is 3. The highest BCUT2D eigenvalue weighted by molar-refractivity contribution is 5.92. The van der Waals surface area contributed by atoms with Crippen LogP contribution in [-0.4, -0.2) is 4.57 Å². The van der Waals surface area contributed by atoms with Gasteiger partial charge >= 0.3 is 0 Å². The van der Waals surface area contributed by atoms with Gasteiger partial charge in [-0.25, -0.2) is 0 Å². The molecule has 0 saturated heterocycles. The number of nitrogens with zero attached hydrogens (tertiary/aromatic N) is 1. The van der Waals surface area contributed by atoms with E-state index in [9.17, 15) is 0 Å². The monoisotopic (exact) mass is 665 g/mol. The van der Waals surface area contributed by atoms with E-state index in [1.54, 1.807) is 0 Å². The SMILES string of the molecule is C=C/C=c1\c2n(c3ccccc13)-c1ccccc1C1(C=2C)c2ccccc2C(C)(C)c2c(-c3ccc(-c4ccc5ccccc5c4)cc3)cccc21. The van der Waals surface area contributed by atoms with Crippen LogP contribution in [0.2, 0.25) is 0 Å². The Labute approximate surface area is 305 Å². The van der Waals surface area contributed by atoms with E-state index >= 15 is 0 Å². The Kier molecular flexibility index (Phi) is 6.57. The van der Waals surface area contributed by atoms with Crippen molar-refractivity contribution in [2.24, 2.45) is 0 Å². The quantitative estimate of drug-likeness (QED) is 0.177. The molecular formula is C51H39N. The van der Waals surface area contributed by atoms with E-state index in [2.05, 4.69) is 196 Å². The molecule has 1 aliphatic carbocycles. The van der Waals surface area contributed by atoms with Crippen molar-refractivity contribution in [2.45, 2.75) is 31.6 Å². The average molecular weight is 666 g/mol. The maximum atomic E-state index is 4.17. The maximum absolute atomic E-state index is 4.17. The van der Waals surface area contributed by atoms with Crippen LogP contribution in [0.5, 0.6) is 0 Å². The van der Waals surface area contributed by atoms with Gasteiger partial charge in [0, 0.05) is 16.0 Å². The highest BCUT2D eigenvalue weighted by Crippen LogP contribution is 2.59. The Morgan fingerprint density at radius 3 is 2.00 bits per heavy atom. The zero-order valence-electron chi connectivity index (χ0n) is 29.8. The molecule has 52 heavy (non-hydrogen) atoms. The summed E-state index contributed by atoms with van der Waals surface area (Å²) in [6.45, 7) is 11.4. The second-order valence-corrected chi connectivity index (χ2v) is 14.9. The molecule has 2 aliphatic rings. The fourth-order valence-corrected chi connectivity index (χ4v) is 9.86. The van der Waals surface area contributed by atoms with Gasteiger partial charge in [0.05, 0.1) is 22.0 Å². The van der Waals surface area contributed by atoms with E-state index < -0.39 is 5.41 Å². The van der Waals surface area contributed by atoms with Crippen LogP contribution in [0.1, 0.15) is 48.6 Å². The van der Waals surface area contributed by atoms with Crippen LogP contribution in [0.15, 0.2) is 170 Å². The molecule has 0 saturated carbocycles. The lowest BCUT2D eigenvalue weighted by atomic mass is 9.52. The van der Waals surface area contributed by atoms with Crippen LogP contribution in [0.25, 0.3) is 61.3 Å². The predicted octanol–water partition coefficient (Wildman–Crippen LogP) is 11.2. The first kappa shape index (κ1) is 30.6. The lowest BCUT2D eigenvalue weighted by Gasteiger charge is -2.50. The highest BCUT2D eigenvalue weighted by Gasteiger charge is 2.52. The zero-order chi connectivity index (χ0) is 35.2. The first-order chi connectivity index (χ1) is 25.4. The summed E-state index contributed by atoms with van der Waals surface area (Å²) in [5, 5.41) is 6.25. The summed E-state index contributed by atoms with van der Waals surface area (Å²) in [7, 11) is 0. The first-order valence-electron chi connectivity index (χ1n) is 18.3. The van der Waals surface area contributed by atoms with E-state index in [4.69, 9.17) is 0 Å². The molecule has 1 heteroatoms. The molecule has 0 amide bonds. The van der Waals surface area contributed by atoms with E-state index in [0.29, 0.717) is 0 Å². The number of fused-ring (bicyclic) bond motifs is 11. The van der Waals surface area contributed by atoms with Crippen LogP contribution in [0.4, 0.5) is 0 Å².